The molecular weight excluding hydrogens is 326 g/mol. The van der Waals surface area contributed by atoms with Crippen molar-refractivity contribution in [3.05, 3.63) is 78.6 Å². The van der Waals surface area contributed by atoms with Crippen LogP contribution in [0.3, 0.4) is 0 Å². The zero-order valence-corrected chi connectivity index (χ0v) is 13.7. The van der Waals surface area contributed by atoms with E-state index >= 15 is 0 Å². The summed E-state index contributed by atoms with van der Waals surface area (Å²) in [6.45, 7) is 0. The number of aromatic hydroxyl groups is 1. The summed E-state index contributed by atoms with van der Waals surface area (Å²) in [6.07, 6.45) is 4.97. The fraction of sp³-hybridized carbons (Fsp3) is 0. The first-order chi connectivity index (χ1) is 12.8. The molecule has 2 heterocycles. The first-order valence-corrected chi connectivity index (χ1v) is 8.05. The highest BCUT2D eigenvalue weighted by molar-refractivity contribution is 5.91. The van der Waals surface area contributed by atoms with Crippen molar-refractivity contribution in [2.24, 2.45) is 5.10 Å². The Labute approximate surface area is 149 Å². The average Bonchev–Trinajstić information content (AvgIpc) is 2.70. The molecule has 0 saturated heterocycles. The minimum atomic E-state index is 0.170. The van der Waals surface area contributed by atoms with E-state index in [1.54, 1.807) is 36.8 Å². The van der Waals surface area contributed by atoms with Crippen LogP contribution in [-0.2, 0) is 0 Å². The van der Waals surface area contributed by atoms with E-state index in [0.717, 1.165) is 16.5 Å². The van der Waals surface area contributed by atoms with Crippen LogP contribution in [0.1, 0.15) is 5.56 Å². The molecule has 0 atom stereocenters. The third kappa shape index (κ3) is 3.21. The van der Waals surface area contributed by atoms with E-state index in [0.29, 0.717) is 17.2 Å². The monoisotopic (exact) mass is 341 g/mol. The summed E-state index contributed by atoms with van der Waals surface area (Å²) in [5.74, 6) is 1.35. The fourth-order valence-corrected chi connectivity index (χ4v) is 2.55. The molecule has 2 N–H and O–H groups in total. The van der Waals surface area contributed by atoms with Gasteiger partial charge in [0.15, 0.2) is 11.6 Å². The molecule has 0 unspecified atom stereocenters. The van der Waals surface area contributed by atoms with Gasteiger partial charge in [-0.25, -0.2) is 9.97 Å². The Hall–Kier alpha value is -3.80. The molecular formula is C20H15N5O. The number of nitrogens with one attached hydrogen (secondary N) is 1. The van der Waals surface area contributed by atoms with Gasteiger partial charge in [0.05, 0.1) is 11.7 Å². The van der Waals surface area contributed by atoms with Crippen molar-refractivity contribution in [2.45, 2.75) is 0 Å². The maximum absolute atomic E-state index is 9.82. The third-order valence-electron chi connectivity index (χ3n) is 3.85. The van der Waals surface area contributed by atoms with E-state index in [-0.39, 0.29) is 5.75 Å². The number of hydrazone groups is 1. The smallest absolute Gasteiger partial charge is 0.162 e. The van der Waals surface area contributed by atoms with Gasteiger partial charge in [0.25, 0.3) is 0 Å². The molecule has 126 valence electrons. The lowest BCUT2D eigenvalue weighted by Crippen LogP contribution is -1.99. The molecule has 0 amide bonds. The Morgan fingerprint density at radius 3 is 2.50 bits per heavy atom. The van der Waals surface area contributed by atoms with Crippen molar-refractivity contribution in [2.75, 3.05) is 5.43 Å². The predicted octanol–water partition coefficient (Wildman–Crippen LogP) is 3.84. The number of para-hydroxylation sites is 2. The molecule has 0 radical (unpaired) electrons. The molecule has 0 aliphatic carbocycles. The van der Waals surface area contributed by atoms with Gasteiger partial charge in [-0.05, 0) is 36.4 Å². The quantitative estimate of drug-likeness (QED) is 0.435. The minimum Gasteiger partial charge on any atom is -0.507 e. The normalized spacial score (nSPS) is 11.1. The molecule has 2 aromatic heterocycles. The molecule has 0 bridgehead atoms. The van der Waals surface area contributed by atoms with E-state index in [1.165, 1.54) is 0 Å². The van der Waals surface area contributed by atoms with Crippen LogP contribution in [0, 0.1) is 0 Å². The van der Waals surface area contributed by atoms with Crippen LogP contribution >= 0.6 is 0 Å². The molecule has 0 aliphatic heterocycles. The number of pyridine rings is 1. The maximum atomic E-state index is 9.82. The molecule has 0 fully saturated rings. The van der Waals surface area contributed by atoms with Gasteiger partial charge in [-0.3, -0.25) is 10.4 Å². The number of rotatable bonds is 4. The standard InChI is InChI=1S/C20H15N5O/c26-18-8-4-1-5-15(18)13-22-25-20-16-6-2-3-7-17(16)23-19(24-20)14-9-11-21-12-10-14/h1-13,26H,(H,23,24,25). The SMILES string of the molecule is Oc1ccccc1C=NNc1nc(-c2ccncc2)nc2ccccc12. The Balaban J connectivity index is 1.73. The molecule has 0 spiro atoms. The highest BCUT2D eigenvalue weighted by atomic mass is 16.3. The van der Waals surface area contributed by atoms with E-state index in [1.807, 2.05) is 42.5 Å². The first kappa shape index (κ1) is 15.7. The fourth-order valence-electron chi connectivity index (χ4n) is 2.55. The lowest BCUT2D eigenvalue weighted by Gasteiger charge is -2.08. The van der Waals surface area contributed by atoms with Crippen molar-refractivity contribution in [1.82, 2.24) is 15.0 Å². The Bertz CT molecular complexity index is 1080. The maximum Gasteiger partial charge on any atom is 0.162 e. The number of fused-ring (bicyclic) bond motifs is 1. The second-order valence-electron chi connectivity index (χ2n) is 5.58. The molecule has 6 nitrogen and oxygen atoms in total. The largest absolute Gasteiger partial charge is 0.507 e. The lowest BCUT2D eigenvalue weighted by molar-refractivity contribution is 0.474. The van der Waals surface area contributed by atoms with E-state index < -0.39 is 0 Å². The van der Waals surface area contributed by atoms with E-state index in [4.69, 9.17) is 0 Å². The van der Waals surface area contributed by atoms with Gasteiger partial charge in [0.1, 0.15) is 5.75 Å². The lowest BCUT2D eigenvalue weighted by atomic mass is 10.2. The highest BCUT2D eigenvalue weighted by Crippen LogP contribution is 2.24. The number of phenols is 1. The van der Waals surface area contributed by atoms with E-state index in [2.05, 4.69) is 25.5 Å². The van der Waals surface area contributed by atoms with Crippen LogP contribution in [-0.4, -0.2) is 26.3 Å². The molecule has 2 aromatic carbocycles. The predicted molar refractivity (Wildman–Crippen MR) is 102 cm³/mol. The van der Waals surface area contributed by atoms with E-state index in [9.17, 15) is 5.11 Å². The van der Waals surface area contributed by atoms with Crippen LogP contribution in [0.15, 0.2) is 78.2 Å². The van der Waals surface area contributed by atoms with Crippen LogP contribution in [0.2, 0.25) is 0 Å². The zero-order valence-electron chi connectivity index (χ0n) is 13.7. The average molecular weight is 341 g/mol. The van der Waals surface area contributed by atoms with Gasteiger partial charge in [-0.1, -0.05) is 24.3 Å². The summed E-state index contributed by atoms with van der Waals surface area (Å²) in [4.78, 5) is 13.2. The highest BCUT2D eigenvalue weighted by Gasteiger charge is 2.08. The van der Waals surface area contributed by atoms with Crippen molar-refractivity contribution >= 4 is 22.9 Å². The van der Waals surface area contributed by atoms with Gasteiger partial charge in [0.2, 0.25) is 0 Å². The Morgan fingerprint density at radius 2 is 1.65 bits per heavy atom. The summed E-state index contributed by atoms with van der Waals surface area (Å²) >= 11 is 0. The van der Waals surface area contributed by atoms with Crippen molar-refractivity contribution < 1.29 is 5.11 Å². The van der Waals surface area contributed by atoms with Gasteiger partial charge < -0.3 is 5.11 Å². The summed E-state index contributed by atoms with van der Waals surface area (Å²) in [7, 11) is 0. The molecule has 0 saturated carbocycles. The summed E-state index contributed by atoms with van der Waals surface area (Å²) < 4.78 is 0. The summed E-state index contributed by atoms with van der Waals surface area (Å²) in [5, 5.41) is 14.9. The summed E-state index contributed by atoms with van der Waals surface area (Å²) in [5.41, 5.74) is 5.27. The van der Waals surface area contributed by atoms with Gasteiger partial charge >= 0.3 is 0 Å². The molecule has 4 aromatic rings. The number of hydrogen-bond donors (Lipinski definition) is 2. The molecule has 6 heteroatoms. The number of nitrogens with zero attached hydrogens (tertiary/aromatic N) is 4. The second kappa shape index (κ2) is 6.98. The molecule has 26 heavy (non-hydrogen) atoms. The number of anilines is 1. The zero-order chi connectivity index (χ0) is 17.8. The van der Waals surface area contributed by atoms with Crippen molar-refractivity contribution in [1.29, 1.82) is 0 Å². The summed E-state index contributed by atoms with van der Waals surface area (Å²) in [6, 6.07) is 18.4. The second-order valence-corrected chi connectivity index (χ2v) is 5.58. The number of hydrogen-bond acceptors (Lipinski definition) is 6. The van der Waals surface area contributed by atoms with Crippen LogP contribution in [0.4, 0.5) is 5.82 Å². The van der Waals surface area contributed by atoms with Crippen LogP contribution in [0.5, 0.6) is 5.75 Å². The number of phenolic OH excluding ortho intramolecular Hbond substituents is 1. The minimum absolute atomic E-state index is 0.170. The van der Waals surface area contributed by atoms with Crippen LogP contribution in [0.25, 0.3) is 22.3 Å². The molecule has 0 aliphatic rings. The number of benzene rings is 2. The Kier molecular flexibility index (Phi) is 4.22. The van der Waals surface area contributed by atoms with Crippen molar-refractivity contribution in [3.8, 4) is 17.1 Å². The van der Waals surface area contributed by atoms with Crippen LogP contribution < -0.4 is 5.43 Å². The number of aromatic nitrogens is 3. The topological polar surface area (TPSA) is 83.3 Å². The Morgan fingerprint density at radius 1 is 0.885 bits per heavy atom. The van der Waals surface area contributed by atoms with Gasteiger partial charge in [-0.15, -0.1) is 0 Å². The van der Waals surface area contributed by atoms with Gasteiger partial charge in [0, 0.05) is 28.9 Å². The molecule has 4 rings (SSSR count). The van der Waals surface area contributed by atoms with Gasteiger partial charge in [-0.2, -0.15) is 5.10 Å². The van der Waals surface area contributed by atoms with Crippen molar-refractivity contribution in [3.63, 3.8) is 0 Å². The first-order valence-electron chi connectivity index (χ1n) is 8.05. The third-order valence-corrected chi connectivity index (χ3v) is 3.85.